The Bertz CT molecular complexity index is 1140. The zero-order valence-electron chi connectivity index (χ0n) is 15.0. The first kappa shape index (κ1) is 17.4. The fourth-order valence-corrected chi connectivity index (χ4v) is 2.98. The number of carbonyl (C=O) groups is 1. The van der Waals surface area contributed by atoms with Gasteiger partial charge in [0.1, 0.15) is 6.33 Å². The predicted molar refractivity (Wildman–Crippen MR) is 106 cm³/mol. The van der Waals surface area contributed by atoms with E-state index in [-0.39, 0.29) is 5.91 Å². The molecule has 0 unspecified atom stereocenters. The fraction of sp³-hybridized carbons (Fsp3) is 0.0435. The quantitative estimate of drug-likeness (QED) is 0.547. The number of nitrogens with zero attached hydrogens (tertiary/aromatic N) is 4. The monoisotopic (exact) mass is 364 g/mol. The molecule has 0 fully saturated rings. The van der Waals surface area contributed by atoms with Crippen molar-refractivity contribution in [1.82, 2.24) is 14.5 Å². The molecular weight excluding hydrogens is 348 g/mol. The van der Waals surface area contributed by atoms with Crippen molar-refractivity contribution < 1.29 is 4.79 Å². The average molecular weight is 364 g/mol. The molecule has 134 valence electrons. The highest BCUT2D eigenvalue weighted by Gasteiger charge is 2.14. The molecule has 2 aromatic heterocycles. The van der Waals surface area contributed by atoms with Crippen LogP contribution in [0.5, 0.6) is 0 Å². The lowest BCUT2D eigenvalue weighted by atomic mass is 10.1. The Morgan fingerprint density at radius 3 is 2.43 bits per heavy atom. The van der Waals surface area contributed by atoms with Crippen LogP contribution in [0.4, 0.5) is 0 Å². The number of imidazole rings is 1. The van der Waals surface area contributed by atoms with Crippen molar-refractivity contribution in [2.45, 2.75) is 6.42 Å². The van der Waals surface area contributed by atoms with Gasteiger partial charge in [0.15, 0.2) is 0 Å². The average Bonchev–Trinajstić information content (AvgIpc) is 3.22. The summed E-state index contributed by atoms with van der Waals surface area (Å²) >= 11 is 0. The van der Waals surface area contributed by atoms with Gasteiger partial charge in [0.25, 0.3) is 5.91 Å². The maximum atomic E-state index is 12.9. The summed E-state index contributed by atoms with van der Waals surface area (Å²) in [5, 5.41) is 8.91. The number of rotatable bonds is 4. The van der Waals surface area contributed by atoms with E-state index in [1.807, 2.05) is 48.5 Å². The number of aromatic nitrogens is 3. The molecule has 5 nitrogen and oxygen atoms in total. The third-order valence-corrected chi connectivity index (χ3v) is 4.48. The Morgan fingerprint density at radius 2 is 1.75 bits per heavy atom. The third kappa shape index (κ3) is 3.57. The number of carbonyl (C=O) groups excluding carboxylic acids is 1. The summed E-state index contributed by atoms with van der Waals surface area (Å²) in [7, 11) is 0. The topological polar surface area (TPSA) is 71.6 Å². The van der Waals surface area contributed by atoms with Crippen LogP contribution in [0.2, 0.25) is 0 Å². The lowest BCUT2D eigenvalue weighted by molar-refractivity contribution is 0.0957. The lowest BCUT2D eigenvalue weighted by Crippen LogP contribution is -2.14. The van der Waals surface area contributed by atoms with Crippen LogP contribution >= 0.6 is 0 Å². The molecule has 28 heavy (non-hydrogen) atoms. The Kier molecular flexibility index (Phi) is 4.77. The maximum absolute atomic E-state index is 12.9. The number of hydrogen-bond donors (Lipinski definition) is 0. The van der Waals surface area contributed by atoms with Gasteiger partial charge in [-0.3, -0.25) is 14.3 Å². The van der Waals surface area contributed by atoms with Gasteiger partial charge < -0.3 is 0 Å². The van der Waals surface area contributed by atoms with E-state index in [0.717, 1.165) is 22.5 Å². The van der Waals surface area contributed by atoms with E-state index in [2.05, 4.69) is 16.0 Å². The number of pyridine rings is 1. The van der Waals surface area contributed by atoms with E-state index in [0.29, 0.717) is 17.5 Å². The van der Waals surface area contributed by atoms with Crippen molar-refractivity contribution in [3.05, 3.63) is 108 Å². The molecule has 2 heterocycles. The Balaban J connectivity index is 1.56. The van der Waals surface area contributed by atoms with Gasteiger partial charge >= 0.3 is 0 Å². The van der Waals surface area contributed by atoms with Crippen LogP contribution in [-0.2, 0) is 6.42 Å². The second-order valence-electron chi connectivity index (χ2n) is 6.34. The van der Waals surface area contributed by atoms with Crippen LogP contribution in [0.1, 0.15) is 27.2 Å². The molecule has 4 rings (SSSR count). The zero-order valence-corrected chi connectivity index (χ0v) is 15.0. The van der Waals surface area contributed by atoms with Crippen molar-refractivity contribution in [3.8, 4) is 17.3 Å². The molecule has 4 aromatic rings. The second kappa shape index (κ2) is 7.68. The van der Waals surface area contributed by atoms with Gasteiger partial charge in [-0.25, -0.2) is 4.98 Å². The van der Waals surface area contributed by atoms with Crippen molar-refractivity contribution in [1.29, 1.82) is 5.26 Å². The molecule has 0 radical (unpaired) electrons. The first-order valence-electron chi connectivity index (χ1n) is 8.81. The summed E-state index contributed by atoms with van der Waals surface area (Å²) in [6.07, 6.45) is 5.34. The summed E-state index contributed by atoms with van der Waals surface area (Å²) in [4.78, 5) is 21.5. The van der Waals surface area contributed by atoms with Gasteiger partial charge in [0, 0.05) is 30.1 Å². The van der Waals surface area contributed by atoms with Crippen molar-refractivity contribution in [3.63, 3.8) is 0 Å². The molecule has 0 aliphatic rings. The van der Waals surface area contributed by atoms with E-state index < -0.39 is 0 Å². The molecule has 0 saturated heterocycles. The highest BCUT2D eigenvalue weighted by molar-refractivity contribution is 5.96. The summed E-state index contributed by atoms with van der Waals surface area (Å²) in [5.41, 5.74) is 4.72. The smallest absolute Gasteiger partial charge is 0.264 e. The minimum atomic E-state index is -0.173. The molecule has 0 spiro atoms. The molecule has 0 N–H and O–H groups in total. The summed E-state index contributed by atoms with van der Waals surface area (Å²) in [6.45, 7) is 0. The lowest BCUT2D eigenvalue weighted by Gasteiger charge is -2.08. The van der Waals surface area contributed by atoms with E-state index in [1.165, 1.54) is 10.9 Å². The first-order valence-corrected chi connectivity index (χ1v) is 8.81. The Hall–Kier alpha value is -4.04. The molecular formula is C23H16N4O. The van der Waals surface area contributed by atoms with Crippen LogP contribution in [-0.4, -0.2) is 20.4 Å². The standard InChI is InChI=1S/C23H16N4O/c24-13-18-8-6-17(7-9-18)12-21-15-25-16-27(21)23(28)20-10-11-22(26-14-20)19-4-2-1-3-5-19/h1-11,14-16H,12H2. The van der Waals surface area contributed by atoms with E-state index >= 15 is 0 Å². The molecule has 0 amide bonds. The molecule has 0 atom stereocenters. The van der Waals surface area contributed by atoms with Crippen LogP contribution in [0.25, 0.3) is 11.3 Å². The van der Waals surface area contributed by atoms with E-state index in [4.69, 9.17) is 5.26 Å². The highest BCUT2D eigenvalue weighted by atomic mass is 16.2. The molecule has 5 heteroatoms. The molecule has 0 saturated carbocycles. The van der Waals surface area contributed by atoms with Gasteiger partial charge in [-0.1, -0.05) is 42.5 Å². The van der Waals surface area contributed by atoms with Crippen molar-refractivity contribution >= 4 is 5.91 Å². The third-order valence-electron chi connectivity index (χ3n) is 4.48. The second-order valence-corrected chi connectivity index (χ2v) is 6.34. The van der Waals surface area contributed by atoms with Crippen LogP contribution in [0.3, 0.4) is 0 Å². The maximum Gasteiger partial charge on any atom is 0.264 e. The molecule has 0 aliphatic heterocycles. The number of hydrogen-bond acceptors (Lipinski definition) is 4. The number of nitriles is 1. The molecule has 2 aromatic carbocycles. The Morgan fingerprint density at radius 1 is 0.964 bits per heavy atom. The Labute approximate surface area is 162 Å². The van der Waals surface area contributed by atoms with E-state index in [1.54, 1.807) is 30.6 Å². The fourth-order valence-electron chi connectivity index (χ4n) is 2.98. The van der Waals surface area contributed by atoms with Gasteiger partial charge in [-0.2, -0.15) is 5.26 Å². The summed E-state index contributed by atoms with van der Waals surface area (Å²) in [5.74, 6) is -0.173. The SMILES string of the molecule is N#Cc1ccc(Cc2cncn2C(=O)c2ccc(-c3ccccc3)nc2)cc1. The van der Waals surface area contributed by atoms with Crippen LogP contribution < -0.4 is 0 Å². The van der Waals surface area contributed by atoms with Gasteiger partial charge in [0.2, 0.25) is 0 Å². The highest BCUT2D eigenvalue weighted by Crippen LogP contribution is 2.17. The van der Waals surface area contributed by atoms with Crippen molar-refractivity contribution in [2.24, 2.45) is 0 Å². The largest absolute Gasteiger partial charge is 0.269 e. The van der Waals surface area contributed by atoms with Gasteiger partial charge in [-0.05, 0) is 29.8 Å². The van der Waals surface area contributed by atoms with E-state index in [9.17, 15) is 4.79 Å². The van der Waals surface area contributed by atoms with Gasteiger partial charge in [0.05, 0.1) is 22.9 Å². The number of benzene rings is 2. The minimum Gasteiger partial charge on any atom is -0.269 e. The normalized spacial score (nSPS) is 10.4. The van der Waals surface area contributed by atoms with Crippen molar-refractivity contribution in [2.75, 3.05) is 0 Å². The summed E-state index contributed by atoms with van der Waals surface area (Å²) < 4.78 is 1.54. The summed E-state index contributed by atoms with van der Waals surface area (Å²) in [6, 6.07) is 22.9. The first-order chi connectivity index (χ1) is 13.7. The van der Waals surface area contributed by atoms with Crippen LogP contribution in [0, 0.1) is 11.3 Å². The minimum absolute atomic E-state index is 0.173. The predicted octanol–water partition coefficient (Wildman–Crippen LogP) is 4.10. The molecule has 0 bridgehead atoms. The zero-order chi connectivity index (χ0) is 19.3. The van der Waals surface area contributed by atoms with Gasteiger partial charge in [-0.15, -0.1) is 0 Å². The molecule has 0 aliphatic carbocycles. The van der Waals surface area contributed by atoms with Crippen LogP contribution in [0.15, 0.2) is 85.5 Å².